The summed E-state index contributed by atoms with van der Waals surface area (Å²) >= 11 is 0. The molecule has 21 heavy (non-hydrogen) atoms. The van der Waals surface area contributed by atoms with Gasteiger partial charge in [0.05, 0.1) is 19.9 Å². The zero-order valence-electron chi connectivity index (χ0n) is 11.5. The highest BCUT2D eigenvalue weighted by Gasteiger charge is 2.15. The molecule has 0 spiro atoms. The molecule has 0 aliphatic heterocycles. The van der Waals surface area contributed by atoms with E-state index in [1.54, 1.807) is 19.4 Å². The molecule has 0 radical (unpaired) electrons. The van der Waals surface area contributed by atoms with Crippen LogP contribution in [0.15, 0.2) is 36.5 Å². The number of aromatic nitrogens is 4. The Morgan fingerprint density at radius 2 is 1.90 bits per heavy atom. The topological polar surface area (TPSA) is 78.6 Å². The summed E-state index contributed by atoms with van der Waals surface area (Å²) in [5.74, 6) is 0.480. The van der Waals surface area contributed by atoms with E-state index < -0.39 is 5.97 Å². The predicted molar refractivity (Wildman–Crippen MR) is 74.1 cm³/mol. The van der Waals surface area contributed by atoms with Gasteiger partial charge in [-0.1, -0.05) is 0 Å². The first-order valence-electron chi connectivity index (χ1n) is 6.17. The van der Waals surface area contributed by atoms with Gasteiger partial charge in [0.15, 0.2) is 0 Å². The molecule has 7 heteroatoms. The van der Waals surface area contributed by atoms with E-state index in [9.17, 15) is 4.79 Å². The van der Waals surface area contributed by atoms with Crippen LogP contribution in [-0.2, 0) is 4.74 Å². The van der Waals surface area contributed by atoms with Crippen molar-refractivity contribution in [2.75, 3.05) is 14.2 Å². The Morgan fingerprint density at radius 1 is 1.14 bits per heavy atom. The highest BCUT2D eigenvalue weighted by atomic mass is 16.5. The van der Waals surface area contributed by atoms with Crippen LogP contribution in [0.25, 0.3) is 17.0 Å². The van der Waals surface area contributed by atoms with E-state index in [0.717, 1.165) is 17.0 Å². The molecule has 7 nitrogen and oxygen atoms in total. The number of carbonyl (C=O) groups is 1. The molecular weight excluding hydrogens is 272 g/mol. The van der Waals surface area contributed by atoms with Gasteiger partial charge in [-0.15, -0.1) is 5.10 Å². The number of carbonyl (C=O) groups excluding carboxylic acids is 1. The van der Waals surface area contributed by atoms with E-state index in [0.29, 0.717) is 5.78 Å². The first-order chi connectivity index (χ1) is 10.2. The molecule has 0 bridgehead atoms. The Kier molecular flexibility index (Phi) is 3.23. The van der Waals surface area contributed by atoms with Gasteiger partial charge in [0.1, 0.15) is 5.75 Å². The van der Waals surface area contributed by atoms with Crippen LogP contribution >= 0.6 is 0 Å². The van der Waals surface area contributed by atoms with Crippen LogP contribution in [0.5, 0.6) is 5.75 Å². The lowest BCUT2D eigenvalue weighted by Gasteiger charge is -2.04. The average molecular weight is 284 g/mol. The second-order valence-electron chi connectivity index (χ2n) is 4.20. The zero-order valence-corrected chi connectivity index (χ0v) is 11.5. The second kappa shape index (κ2) is 5.20. The number of hydrogen-bond acceptors (Lipinski definition) is 6. The number of ether oxygens (including phenoxy) is 2. The molecule has 0 unspecified atom stereocenters. The van der Waals surface area contributed by atoms with Crippen molar-refractivity contribution in [2.24, 2.45) is 0 Å². The molecule has 2 aromatic heterocycles. The van der Waals surface area contributed by atoms with E-state index in [2.05, 4.69) is 19.8 Å². The monoisotopic (exact) mass is 284 g/mol. The molecule has 0 saturated carbocycles. The molecule has 1 aromatic carbocycles. The van der Waals surface area contributed by atoms with E-state index in [-0.39, 0.29) is 5.82 Å². The smallest absolute Gasteiger partial charge is 0.378 e. The van der Waals surface area contributed by atoms with Gasteiger partial charge in [0.25, 0.3) is 11.6 Å². The Morgan fingerprint density at radius 3 is 2.57 bits per heavy atom. The molecule has 0 amide bonds. The number of methoxy groups -OCH3 is 2. The number of hydrogen-bond donors (Lipinski definition) is 0. The summed E-state index contributed by atoms with van der Waals surface area (Å²) in [7, 11) is 2.89. The van der Waals surface area contributed by atoms with Crippen molar-refractivity contribution in [1.82, 2.24) is 19.6 Å². The van der Waals surface area contributed by atoms with Gasteiger partial charge in [-0.25, -0.2) is 9.78 Å². The molecule has 0 saturated heterocycles. The standard InChI is InChI=1S/C14H12N4O3/c1-20-10-5-3-9(4-6-10)11-7-8-15-14-16-12(13(19)21-2)17-18(11)14/h3-8H,1-2H3. The molecule has 0 atom stereocenters. The van der Waals surface area contributed by atoms with Crippen molar-refractivity contribution >= 4 is 11.7 Å². The number of fused-ring (bicyclic) bond motifs is 1. The van der Waals surface area contributed by atoms with Gasteiger partial charge in [-0.3, -0.25) is 0 Å². The van der Waals surface area contributed by atoms with Gasteiger partial charge in [0.2, 0.25) is 0 Å². The van der Waals surface area contributed by atoms with Gasteiger partial charge in [-0.2, -0.15) is 9.50 Å². The van der Waals surface area contributed by atoms with E-state index in [1.807, 2.05) is 24.3 Å². The van der Waals surface area contributed by atoms with Crippen molar-refractivity contribution in [2.45, 2.75) is 0 Å². The third-order valence-corrected chi connectivity index (χ3v) is 2.99. The van der Waals surface area contributed by atoms with Crippen molar-refractivity contribution in [3.05, 3.63) is 42.4 Å². The van der Waals surface area contributed by atoms with Gasteiger partial charge >= 0.3 is 5.97 Å². The summed E-state index contributed by atoms with van der Waals surface area (Å²) in [6, 6.07) is 9.28. The third-order valence-electron chi connectivity index (χ3n) is 2.99. The largest absolute Gasteiger partial charge is 0.497 e. The van der Waals surface area contributed by atoms with Gasteiger partial charge < -0.3 is 9.47 Å². The number of nitrogens with zero attached hydrogens (tertiary/aromatic N) is 4. The molecule has 3 aromatic rings. The predicted octanol–water partition coefficient (Wildman–Crippen LogP) is 1.59. The Hall–Kier alpha value is -2.96. The van der Waals surface area contributed by atoms with E-state index in [4.69, 9.17) is 4.74 Å². The molecule has 0 fully saturated rings. The minimum absolute atomic E-state index is 0.0223. The fourth-order valence-corrected chi connectivity index (χ4v) is 1.95. The third kappa shape index (κ3) is 2.29. The maximum atomic E-state index is 11.5. The number of rotatable bonds is 3. The summed E-state index contributed by atoms with van der Waals surface area (Å²) in [5, 5.41) is 4.14. The maximum absolute atomic E-state index is 11.5. The summed E-state index contributed by atoms with van der Waals surface area (Å²) < 4.78 is 11.3. The summed E-state index contributed by atoms with van der Waals surface area (Å²) in [5.41, 5.74) is 1.68. The molecule has 0 aliphatic rings. The zero-order chi connectivity index (χ0) is 14.8. The minimum atomic E-state index is -0.596. The van der Waals surface area contributed by atoms with Crippen LogP contribution in [0.4, 0.5) is 0 Å². The summed E-state index contributed by atoms with van der Waals surface area (Å²) in [6.07, 6.45) is 1.62. The molecule has 106 valence electrons. The van der Waals surface area contributed by atoms with Gasteiger partial charge in [0, 0.05) is 11.8 Å². The van der Waals surface area contributed by atoms with Crippen LogP contribution in [0.2, 0.25) is 0 Å². The molecule has 2 heterocycles. The average Bonchev–Trinajstić information content (AvgIpc) is 2.98. The van der Waals surface area contributed by atoms with Crippen LogP contribution in [0.3, 0.4) is 0 Å². The van der Waals surface area contributed by atoms with Crippen LogP contribution < -0.4 is 4.74 Å². The number of esters is 1. The van der Waals surface area contributed by atoms with Crippen molar-refractivity contribution in [1.29, 1.82) is 0 Å². The lowest BCUT2D eigenvalue weighted by atomic mass is 10.1. The number of benzene rings is 1. The molecular formula is C14H12N4O3. The van der Waals surface area contributed by atoms with Crippen LogP contribution in [0.1, 0.15) is 10.6 Å². The molecule has 0 N–H and O–H groups in total. The normalized spacial score (nSPS) is 10.6. The SMILES string of the molecule is COC(=O)c1nc2nccc(-c3ccc(OC)cc3)n2n1. The summed E-state index contributed by atoms with van der Waals surface area (Å²) in [6.45, 7) is 0. The Labute approximate surface area is 120 Å². The van der Waals surface area contributed by atoms with Crippen molar-refractivity contribution in [3.8, 4) is 17.0 Å². The second-order valence-corrected chi connectivity index (χ2v) is 4.20. The van der Waals surface area contributed by atoms with E-state index >= 15 is 0 Å². The lowest BCUT2D eigenvalue weighted by Crippen LogP contribution is -2.04. The Balaban J connectivity index is 2.13. The fourth-order valence-electron chi connectivity index (χ4n) is 1.95. The quantitative estimate of drug-likeness (QED) is 0.679. The minimum Gasteiger partial charge on any atom is -0.497 e. The van der Waals surface area contributed by atoms with Crippen LogP contribution in [-0.4, -0.2) is 39.8 Å². The first-order valence-corrected chi connectivity index (χ1v) is 6.17. The van der Waals surface area contributed by atoms with E-state index in [1.165, 1.54) is 11.6 Å². The van der Waals surface area contributed by atoms with Crippen molar-refractivity contribution in [3.63, 3.8) is 0 Å². The lowest BCUT2D eigenvalue weighted by molar-refractivity contribution is 0.0587. The Bertz CT molecular complexity index is 796. The van der Waals surface area contributed by atoms with Gasteiger partial charge in [-0.05, 0) is 30.3 Å². The fraction of sp³-hybridized carbons (Fsp3) is 0.143. The van der Waals surface area contributed by atoms with Crippen molar-refractivity contribution < 1.29 is 14.3 Å². The molecule has 0 aliphatic carbocycles. The van der Waals surface area contributed by atoms with Crippen LogP contribution in [0, 0.1) is 0 Å². The highest BCUT2D eigenvalue weighted by Crippen LogP contribution is 2.22. The summed E-state index contributed by atoms with van der Waals surface area (Å²) in [4.78, 5) is 19.6. The first kappa shape index (κ1) is 13.0. The maximum Gasteiger partial charge on any atom is 0.378 e. The molecule has 3 rings (SSSR count). The highest BCUT2D eigenvalue weighted by molar-refractivity contribution is 5.85.